The molecule has 2 aromatic rings. The van der Waals surface area contributed by atoms with Crippen molar-refractivity contribution in [3.8, 4) is 0 Å². The Bertz CT molecular complexity index is 639. The van der Waals surface area contributed by atoms with Gasteiger partial charge in [-0.05, 0) is 46.1 Å². The lowest BCUT2D eigenvalue weighted by molar-refractivity contribution is 0.583. The number of rotatable bonds is 4. The molecule has 0 aliphatic heterocycles. The topological polar surface area (TPSA) is 51.1 Å². The molecule has 0 aromatic carbocycles. The Morgan fingerprint density at radius 2 is 2.22 bits per heavy atom. The van der Waals surface area contributed by atoms with Crippen LogP contribution in [0.15, 0.2) is 32.5 Å². The first-order chi connectivity index (χ1) is 8.38. The largest absolute Gasteiger partial charge is 0.357 e. The van der Waals surface area contributed by atoms with Gasteiger partial charge in [0.1, 0.15) is 4.21 Å². The van der Waals surface area contributed by atoms with Crippen molar-refractivity contribution in [1.29, 1.82) is 0 Å². The van der Waals surface area contributed by atoms with Gasteiger partial charge in [-0.3, -0.25) is 0 Å². The molecule has 0 fully saturated rings. The van der Waals surface area contributed by atoms with Crippen molar-refractivity contribution in [2.24, 2.45) is 7.05 Å². The van der Waals surface area contributed by atoms with Gasteiger partial charge < -0.3 is 4.57 Å². The molecule has 7 heteroatoms. The molecule has 18 heavy (non-hydrogen) atoms. The van der Waals surface area contributed by atoms with Crippen LogP contribution in [0.1, 0.15) is 11.1 Å². The van der Waals surface area contributed by atoms with Gasteiger partial charge in [-0.2, -0.15) is 0 Å². The van der Waals surface area contributed by atoms with Gasteiger partial charge in [-0.25, -0.2) is 13.1 Å². The standard InChI is InChI=1S/C11H13BrN2O2S2/c1-8-5-10(17-11(8)12)18(15,16)13-6-9-3-4-14(2)7-9/h3-5,7,13H,6H2,1-2H3. The fraction of sp³-hybridized carbons (Fsp3) is 0.273. The van der Waals surface area contributed by atoms with Crippen LogP contribution in [0.25, 0.3) is 0 Å². The van der Waals surface area contributed by atoms with Gasteiger partial charge in [0.05, 0.1) is 3.79 Å². The van der Waals surface area contributed by atoms with Gasteiger partial charge in [-0.1, -0.05) is 0 Å². The number of nitrogens with zero attached hydrogens (tertiary/aromatic N) is 1. The molecule has 0 aliphatic rings. The van der Waals surface area contributed by atoms with E-state index >= 15 is 0 Å². The summed E-state index contributed by atoms with van der Waals surface area (Å²) in [7, 11) is -1.52. The summed E-state index contributed by atoms with van der Waals surface area (Å²) in [5, 5.41) is 0. The molecular formula is C11H13BrN2O2S2. The van der Waals surface area contributed by atoms with Crippen molar-refractivity contribution >= 4 is 37.3 Å². The number of hydrogen-bond acceptors (Lipinski definition) is 3. The summed E-state index contributed by atoms with van der Waals surface area (Å²) in [6, 6.07) is 3.56. The molecule has 0 amide bonds. The number of thiophene rings is 1. The number of halogens is 1. The summed E-state index contributed by atoms with van der Waals surface area (Å²) < 4.78 is 29.8. The Balaban J connectivity index is 2.12. The van der Waals surface area contributed by atoms with Crippen LogP contribution in [0.3, 0.4) is 0 Å². The zero-order chi connectivity index (χ0) is 13.3. The van der Waals surface area contributed by atoms with Crippen LogP contribution in [-0.2, 0) is 23.6 Å². The summed E-state index contributed by atoms with van der Waals surface area (Å²) in [6.45, 7) is 2.18. The Hall–Kier alpha value is -0.630. The van der Waals surface area contributed by atoms with Crippen LogP contribution in [0.5, 0.6) is 0 Å². The highest BCUT2D eigenvalue weighted by Gasteiger charge is 2.17. The van der Waals surface area contributed by atoms with Gasteiger partial charge in [0.25, 0.3) is 0 Å². The van der Waals surface area contributed by atoms with Crippen LogP contribution < -0.4 is 4.72 Å². The van der Waals surface area contributed by atoms with E-state index in [9.17, 15) is 8.42 Å². The van der Waals surface area contributed by atoms with E-state index in [4.69, 9.17) is 0 Å². The number of aryl methyl sites for hydroxylation is 2. The summed E-state index contributed by atoms with van der Waals surface area (Å²) in [5.41, 5.74) is 1.87. The van der Waals surface area contributed by atoms with Crippen molar-refractivity contribution in [2.45, 2.75) is 17.7 Å². The summed E-state index contributed by atoms with van der Waals surface area (Å²) in [5.74, 6) is 0. The third-order valence-corrected chi connectivity index (χ3v) is 6.47. The van der Waals surface area contributed by atoms with E-state index in [-0.39, 0.29) is 0 Å². The predicted molar refractivity (Wildman–Crippen MR) is 76.2 cm³/mol. The van der Waals surface area contributed by atoms with Crippen LogP contribution >= 0.6 is 27.3 Å². The molecule has 0 bridgehead atoms. The second-order valence-electron chi connectivity index (χ2n) is 4.03. The second kappa shape index (κ2) is 5.16. The molecule has 0 radical (unpaired) electrons. The zero-order valence-corrected chi connectivity index (χ0v) is 13.2. The Kier molecular flexibility index (Phi) is 3.96. The summed E-state index contributed by atoms with van der Waals surface area (Å²) in [6.07, 6.45) is 3.77. The van der Waals surface area contributed by atoms with Crippen LogP contribution in [-0.4, -0.2) is 13.0 Å². The number of hydrogen-bond donors (Lipinski definition) is 1. The molecule has 0 aliphatic carbocycles. The van der Waals surface area contributed by atoms with Gasteiger partial charge in [-0.15, -0.1) is 11.3 Å². The first-order valence-electron chi connectivity index (χ1n) is 5.25. The first-order valence-corrected chi connectivity index (χ1v) is 8.34. The summed E-state index contributed by atoms with van der Waals surface area (Å²) >= 11 is 4.55. The predicted octanol–water partition coefficient (Wildman–Crippen LogP) is 2.64. The normalized spacial score (nSPS) is 11.9. The maximum absolute atomic E-state index is 12.0. The van der Waals surface area contributed by atoms with Crippen LogP contribution in [0, 0.1) is 6.92 Å². The minimum absolute atomic E-state index is 0.303. The number of aromatic nitrogens is 1. The minimum atomic E-state index is -3.42. The van der Waals surface area contributed by atoms with E-state index in [2.05, 4.69) is 20.7 Å². The molecule has 4 nitrogen and oxygen atoms in total. The smallest absolute Gasteiger partial charge is 0.250 e. The highest BCUT2D eigenvalue weighted by atomic mass is 79.9. The highest BCUT2D eigenvalue weighted by molar-refractivity contribution is 9.11. The van der Waals surface area contributed by atoms with Gasteiger partial charge in [0.2, 0.25) is 10.0 Å². The molecule has 98 valence electrons. The molecule has 1 N–H and O–H groups in total. The van der Waals surface area contributed by atoms with E-state index < -0.39 is 10.0 Å². The second-order valence-corrected chi connectivity index (χ2v) is 8.40. The third kappa shape index (κ3) is 3.03. The maximum atomic E-state index is 12.0. The lowest BCUT2D eigenvalue weighted by Gasteiger charge is -2.02. The fourth-order valence-corrected chi connectivity index (χ4v) is 4.77. The van der Waals surface area contributed by atoms with E-state index in [0.29, 0.717) is 10.8 Å². The SMILES string of the molecule is Cc1cc(S(=O)(=O)NCc2ccn(C)c2)sc1Br. The Morgan fingerprint density at radius 1 is 1.50 bits per heavy atom. The van der Waals surface area contributed by atoms with Crippen molar-refractivity contribution in [3.63, 3.8) is 0 Å². The zero-order valence-electron chi connectivity index (χ0n) is 9.97. The maximum Gasteiger partial charge on any atom is 0.250 e. The van der Waals surface area contributed by atoms with Crippen molar-refractivity contribution in [1.82, 2.24) is 9.29 Å². The van der Waals surface area contributed by atoms with Crippen molar-refractivity contribution < 1.29 is 8.42 Å². The molecule has 2 aromatic heterocycles. The molecule has 2 rings (SSSR count). The lowest BCUT2D eigenvalue weighted by atomic mass is 10.4. The van der Waals surface area contributed by atoms with Crippen LogP contribution in [0.4, 0.5) is 0 Å². The molecule has 0 unspecified atom stereocenters. The Labute approximate surface area is 119 Å². The van der Waals surface area contributed by atoms with E-state index in [1.54, 1.807) is 6.07 Å². The summed E-state index contributed by atoms with van der Waals surface area (Å²) in [4.78, 5) is 0. The molecule has 0 spiro atoms. The first kappa shape index (κ1) is 13.8. The number of nitrogens with one attached hydrogen (secondary N) is 1. The van der Waals surface area contributed by atoms with Crippen LogP contribution in [0.2, 0.25) is 0 Å². The van der Waals surface area contributed by atoms with E-state index in [1.807, 2.05) is 37.0 Å². The molecular weight excluding hydrogens is 336 g/mol. The van der Waals surface area contributed by atoms with Crippen molar-refractivity contribution in [2.75, 3.05) is 0 Å². The fourth-order valence-electron chi connectivity index (χ4n) is 1.48. The average Bonchev–Trinajstić information content (AvgIpc) is 2.84. The third-order valence-electron chi connectivity index (χ3n) is 2.46. The van der Waals surface area contributed by atoms with Crippen molar-refractivity contribution in [3.05, 3.63) is 39.4 Å². The quantitative estimate of drug-likeness (QED) is 0.923. The monoisotopic (exact) mass is 348 g/mol. The molecule has 2 heterocycles. The van der Waals surface area contributed by atoms with E-state index in [1.165, 1.54) is 11.3 Å². The molecule has 0 saturated heterocycles. The minimum Gasteiger partial charge on any atom is -0.357 e. The lowest BCUT2D eigenvalue weighted by Crippen LogP contribution is -2.22. The van der Waals surface area contributed by atoms with Gasteiger partial charge >= 0.3 is 0 Å². The highest BCUT2D eigenvalue weighted by Crippen LogP contribution is 2.30. The molecule has 0 atom stereocenters. The number of sulfonamides is 1. The Morgan fingerprint density at radius 3 is 2.72 bits per heavy atom. The van der Waals surface area contributed by atoms with E-state index in [0.717, 1.165) is 14.9 Å². The average molecular weight is 349 g/mol. The molecule has 0 saturated carbocycles. The van der Waals surface area contributed by atoms with Gasteiger partial charge in [0.15, 0.2) is 0 Å². The van der Waals surface area contributed by atoms with Gasteiger partial charge in [0, 0.05) is 26.0 Å².